The summed E-state index contributed by atoms with van der Waals surface area (Å²) < 4.78 is 21.7. The average Bonchev–Trinajstić information content (AvgIpc) is 2.29. The van der Waals surface area contributed by atoms with E-state index >= 15 is 0 Å². The van der Waals surface area contributed by atoms with Crippen molar-refractivity contribution in [3.8, 4) is 0 Å². The van der Waals surface area contributed by atoms with Gasteiger partial charge in [-0.05, 0) is 12.5 Å². The number of hydrogen-bond donors (Lipinski definition) is 1. The van der Waals surface area contributed by atoms with E-state index in [9.17, 15) is 9.67 Å². The van der Waals surface area contributed by atoms with Crippen LogP contribution in [0.4, 0.5) is 0 Å². The Hall–Kier alpha value is -0.670. The Kier molecular flexibility index (Phi) is 4.48. The number of aliphatic hydroxyl groups excluding tert-OH is 1. The van der Waals surface area contributed by atoms with Crippen LogP contribution in [0.1, 0.15) is 18.3 Å². The van der Waals surface area contributed by atoms with Crippen molar-refractivity contribution in [1.29, 1.82) is 0 Å². The van der Waals surface area contributed by atoms with Gasteiger partial charge in [0.25, 0.3) is 0 Å². The maximum atomic E-state index is 12.0. The molecule has 5 heteroatoms. The quantitative estimate of drug-likeness (QED) is 0.790. The zero-order valence-corrected chi connectivity index (χ0v) is 9.68. The predicted octanol–water partition coefficient (Wildman–Crippen LogP) is 2.55. The normalized spacial score (nSPS) is 17.0. The van der Waals surface area contributed by atoms with Gasteiger partial charge >= 0.3 is 7.60 Å². The Bertz CT molecular complexity index is 339. The second-order valence-electron chi connectivity index (χ2n) is 2.92. The molecule has 0 saturated heterocycles. The standard InChI is InChI=1S/C10H15O4P/c1-3-14-15(12,13-2)10(11)9-7-5-4-6-8-9/h4-8,10-11H,3H2,1-2H3. The molecule has 0 aliphatic rings. The summed E-state index contributed by atoms with van der Waals surface area (Å²) in [6.45, 7) is 1.93. The minimum Gasteiger partial charge on any atom is -0.376 e. The van der Waals surface area contributed by atoms with Gasteiger partial charge in [-0.3, -0.25) is 4.57 Å². The van der Waals surface area contributed by atoms with Crippen LogP contribution in [0.3, 0.4) is 0 Å². The summed E-state index contributed by atoms with van der Waals surface area (Å²) in [4.78, 5) is 0. The van der Waals surface area contributed by atoms with Gasteiger partial charge in [0.2, 0.25) is 0 Å². The monoisotopic (exact) mass is 230 g/mol. The molecule has 2 atom stereocenters. The Balaban J connectivity index is 2.92. The van der Waals surface area contributed by atoms with Crippen molar-refractivity contribution in [1.82, 2.24) is 0 Å². The molecule has 1 aromatic carbocycles. The Labute approximate surface area is 89.4 Å². The van der Waals surface area contributed by atoms with E-state index in [0.717, 1.165) is 0 Å². The number of benzene rings is 1. The highest BCUT2D eigenvalue weighted by atomic mass is 31.2. The lowest BCUT2D eigenvalue weighted by Crippen LogP contribution is -2.04. The highest BCUT2D eigenvalue weighted by Crippen LogP contribution is 2.58. The van der Waals surface area contributed by atoms with E-state index in [0.29, 0.717) is 5.56 Å². The molecule has 2 unspecified atom stereocenters. The lowest BCUT2D eigenvalue weighted by atomic mass is 10.2. The van der Waals surface area contributed by atoms with Crippen molar-refractivity contribution in [2.75, 3.05) is 13.7 Å². The van der Waals surface area contributed by atoms with Crippen LogP contribution >= 0.6 is 7.60 Å². The van der Waals surface area contributed by atoms with Crippen molar-refractivity contribution in [2.24, 2.45) is 0 Å². The van der Waals surface area contributed by atoms with E-state index in [1.54, 1.807) is 31.2 Å². The molecule has 0 bridgehead atoms. The second kappa shape index (κ2) is 5.42. The maximum Gasteiger partial charge on any atom is 0.363 e. The third kappa shape index (κ3) is 2.89. The van der Waals surface area contributed by atoms with Gasteiger partial charge < -0.3 is 14.2 Å². The van der Waals surface area contributed by atoms with Crippen LogP contribution < -0.4 is 0 Å². The van der Waals surface area contributed by atoms with Gasteiger partial charge in [0, 0.05) is 7.11 Å². The molecule has 0 aliphatic heterocycles. The molecule has 15 heavy (non-hydrogen) atoms. The molecule has 0 heterocycles. The lowest BCUT2D eigenvalue weighted by molar-refractivity contribution is 0.163. The van der Waals surface area contributed by atoms with Crippen molar-refractivity contribution < 1.29 is 18.7 Å². The van der Waals surface area contributed by atoms with Crippen molar-refractivity contribution in [2.45, 2.75) is 12.8 Å². The molecular formula is C10H15O4P. The van der Waals surface area contributed by atoms with Crippen LogP contribution in [-0.4, -0.2) is 18.8 Å². The Morgan fingerprint density at radius 3 is 2.47 bits per heavy atom. The summed E-state index contributed by atoms with van der Waals surface area (Å²) in [5, 5.41) is 9.86. The summed E-state index contributed by atoms with van der Waals surface area (Å²) in [6.07, 6.45) is 0. The van der Waals surface area contributed by atoms with Crippen LogP contribution in [0.2, 0.25) is 0 Å². The Morgan fingerprint density at radius 1 is 1.40 bits per heavy atom. The molecule has 0 radical (unpaired) electrons. The molecule has 0 amide bonds. The lowest BCUT2D eigenvalue weighted by Gasteiger charge is -2.21. The van der Waals surface area contributed by atoms with Crippen molar-refractivity contribution in [3.63, 3.8) is 0 Å². The van der Waals surface area contributed by atoms with E-state index in [-0.39, 0.29) is 6.61 Å². The minimum absolute atomic E-state index is 0.231. The van der Waals surface area contributed by atoms with Crippen molar-refractivity contribution in [3.05, 3.63) is 35.9 Å². The molecule has 4 nitrogen and oxygen atoms in total. The van der Waals surface area contributed by atoms with Crippen LogP contribution in [0.25, 0.3) is 0 Å². The van der Waals surface area contributed by atoms with Gasteiger partial charge in [0.05, 0.1) is 6.61 Å². The Morgan fingerprint density at radius 2 is 2.00 bits per heavy atom. The first kappa shape index (κ1) is 12.4. The highest BCUT2D eigenvalue weighted by Gasteiger charge is 2.34. The summed E-state index contributed by atoms with van der Waals surface area (Å²) in [5.74, 6) is -1.23. The topological polar surface area (TPSA) is 55.8 Å². The molecule has 0 spiro atoms. The third-order valence-corrected chi connectivity index (χ3v) is 3.99. The molecule has 0 aliphatic carbocycles. The molecular weight excluding hydrogens is 215 g/mol. The van der Waals surface area contributed by atoms with E-state index in [1.165, 1.54) is 7.11 Å². The van der Waals surface area contributed by atoms with Crippen LogP contribution in [0, 0.1) is 0 Å². The summed E-state index contributed by atoms with van der Waals surface area (Å²) in [6, 6.07) is 8.67. The van der Waals surface area contributed by atoms with Crippen LogP contribution in [0.15, 0.2) is 30.3 Å². The van der Waals surface area contributed by atoms with Gasteiger partial charge in [-0.25, -0.2) is 0 Å². The van der Waals surface area contributed by atoms with Crippen LogP contribution in [-0.2, 0) is 13.6 Å². The number of hydrogen-bond acceptors (Lipinski definition) is 4. The zero-order chi connectivity index (χ0) is 11.3. The molecule has 1 N–H and O–H groups in total. The summed E-state index contributed by atoms with van der Waals surface area (Å²) >= 11 is 0. The molecule has 84 valence electrons. The fraction of sp³-hybridized carbons (Fsp3) is 0.400. The number of aliphatic hydroxyl groups is 1. The van der Waals surface area contributed by atoms with E-state index in [1.807, 2.05) is 6.07 Å². The van der Waals surface area contributed by atoms with Crippen molar-refractivity contribution >= 4 is 7.60 Å². The smallest absolute Gasteiger partial charge is 0.363 e. The summed E-state index contributed by atoms with van der Waals surface area (Å²) in [7, 11) is -2.19. The van der Waals surface area contributed by atoms with Gasteiger partial charge in [0.15, 0.2) is 5.85 Å². The molecule has 1 aromatic rings. The molecule has 0 fully saturated rings. The SMILES string of the molecule is CCOP(=O)(OC)C(O)c1ccccc1. The fourth-order valence-electron chi connectivity index (χ4n) is 1.21. The van der Waals surface area contributed by atoms with E-state index < -0.39 is 13.4 Å². The van der Waals surface area contributed by atoms with E-state index in [4.69, 9.17) is 9.05 Å². The summed E-state index contributed by atoms with van der Waals surface area (Å²) in [5.41, 5.74) is 0.524. The first-order chi connectivity index (χ1) is 7.14. The molecule has 1 rings (SSSR count). The van der Waals surface area contributed by atoms with Gasteiger partial charge in [-0.1, -0.05) is 30.3 Å². The predicted molar refractivity (Wildman–Crippen MR) is 57.6 cm³/mol. The third-order valence-electron chi connectivity index (χ3n) is 1.96. The second-order valence-corrected chi connectivity index (χ2v) is 5.12. The fourth-order valence-corrected chi connectivity index (χ4v) is 2.55. The first-order valence-electron chi connectivity index (χ1n) is 4.67. The van der Waals surface area contributed by atoms with Gasteiger partial charge in [0.1, 0.15) is 0 Å². The highest BCUT2D eigenvalue weighted by molar-refractivity contribution is 7.54. The number of rotatable bonds is 5. The van der Waals surface area contributed by atoms with Gasteiger partial charge in [-0.15, -0.1) is 0 Å². The van der Waals surface area contributed by atoms with E-state index in [2.05, 4.69) is 0 Å². The first-order valence-corrected chi connectivity index (χ1v) is 6.28. The largest absolute Gasteiger partial charge is 0.376 e. The van der Waals surface area contributed by atoms with Gasteiger partial charge in [-0.2, -0.15) is 0 Å². The molecule has 0 aromatic heterocycles. The zero-order valence-electron chi connectivity index (χ0n) is 8.79. The average molecular weight is 230 g/mol. The maximum absolute atomic E-state index is 12.0. The molecule has 0 saturated carbocycles. The van der Waals surface area contributed by atoms with Crippen LogP contribution in [0.5, 0.6) is 0 Å². The minimum atomic E-state index is -3.46.